The van der Waals surface area contributed by atoms with E-state index in [1.54, 1.807) is 0 Å². The van der Waals surface area contributed by atoms with Crippen LogP contribution in [0.2, 0.25) is 0 Å². The van der Waals surface area contributed by atoms with Crippen molar-refractivity contribution in [3.8, 4) is 6.07 Å². The van der Waals surface area contributed by atoms with Crippen molar-refractivity contribution >= 4 is 24.8 Å². The van der Waals surface area contributed by atoms with E-state index in [9.17, 15) is 0 Å². The minimum Gasteiger partial charge on any atom is -0.314 e. The summed E-state index contributed by atoms with van der Waals surface area (Å²) in [7, 11) is 0. The van der Waals surface area contributed by atoms with Gasteiger partial charge in [0.25, 0.3) is 0 Å². The van der Waals surface area contributed by atoms with Gasteiger partial charge in [-0.15, -0.1) is 24.8 Å². The Morgan fingerprint density at radius 3 is 2.62 bits per heavy atom. The van der Waals surface area contributed by atoms with E-state index in [1.807, 2.05) is 12.1 Å². The molecule has 0 aliphatic carbocycles. The maximum absolute atomic E-state index is 9.06. The summed E-state index contributed by atoms with van der Waals surface area (Å²) in [5.74, 6) is 0. The Balaban J connectivity index is 0.00000200. The standard InChI is InChI=1S/C16H23N3.2ClH/c1-2-3-7-16(19-10-8-18-9-11-19)15-6-4-5-14(12-15)13-17;;/h4-6,12,16,18H,2-3,7-11H2,1H3;2*1H/t16-;;/m1../s1. The third-order valence-corrected chi connectivity index (χ3v) is 3.82. The molecule has 1 aromatic rings. The van der Waals surface area contributed by atoms with Crippen molar-refractivity contribution in [2.75, 3.05) is 26.2 Å². The quantitative estimate of drug-likeness (QED) is 0.897. The van der Waals surface area contributed by atoms with Gasteiger partial charge in [-0.1, -0.05) is 31.9 Å². The molecule has 1 heterocycles. The van der Waals surface area contributed by atoms with E-state index in [2.05, 4.69) is 35.3 Å². The predicted molar refractivity (Wildman–Crippen MR) is 92.4 cm³/mol. The first-order valence-electron chi connectivity index (χ1n) is 7.30. The number of benzene rings is 1. The van der Waals surface area contributed by atoms with Gasteiger partial charge in [0.15, 0.2) is 0 Å². The molecule has 0 saturated carbocycles. The molecule has 1 aromatic carbocycles. The number of unbranched alkanes of at least 4 members (excludes halogenated alkanes) is 1. The fraction of sp³-hybridized carbons (Fsp3) is 0.562. The van der Waals surface area contributed by atoms with Crippen LogP contribution >= 0.6 is 24.8 Å². The lowest BCUT2D eigenvalue weighted by Crippen LogP contribution is -2.45. The lowest BCUT2D eigenvalue weighted by Gasteiger charge is -2.35. The predicted octanol–water partition coefficient (Wildman–Crippen LogP) is 3.54. The third-order valence-electron chi connectivity index (χ3n) is 3.82. The molecule has 118 valence electrons. The molecule has 0 radical (unpaired) electrons. The van der Waals surface area contributed by atoms with E-state index in [4.69, 9.17) is 5.26 Å². The zero-order chi connectivity index (χ0) is 13.5. The first kappa shape index (κ1) is 20.2. The summed E-state index contributed by atoms with van der Waals surface area (Å²) >= 11 is 0. The van der Waals surface area contributed by atoms with Crippen molar-refractivity contribution in [1.29, 1.82) is 5.26 Å². The molecule has 1 saturated heterocycles. The first-order chi connectivity index (χ1) is 9.35. The molecule has 0 unspecified atom stereocenters. The maximum Gasteiger partial charge on any atom is 0.0991 e. The summed E-state index contributed by atoms with van der Waals surface area (Å²) in [5, 5.41) is 12.5. The molecule has 1 fully saturated rings. The van der Waals surface area contributed by atoms with E-state index >= 15 is 0 Å². The number of hydrogen-bond donors (Lipinski definition) is 1. The first-order valence-corrected chi connectivity index (χ1v) is 7.30. The van der Waals surface area contributed by atoms with Crippen molar-refractivity contribution in [1.82, 2.24) is 10.2 Å². The molecule has 3 nitrogen and oxygen atoms in total. The molecule has 21 heavy (non-hydrogen) atoms. The molecule has 1 N–H and O–H groups in total. The lowest BCUT2D eigenvalue weighted by atomic mass is 9.97. The Morgan fingerprint density at radius 1 is 1.29 bits per heavy atom. The number of nitrogens with one attached hydrogen (secondary N) is 1. The van der Waals surface area contributed by atoms with Gasteiger partial charge in [-0.25, -0.2) is 0 Å². The number of nitrogens with zero attached hydrogens (tertiary/aromatic N) is 2. The normalized spacial score (nSPS) is 16.2. The van der Waals surface area contributed by atoms with Crippen LogP contribution in [0.25, 0.3) is 0 Å². The largest absolute Gasteiger partial charge is 0.314 e. The van der Waals surface area contributed by atoms with Crippen LogP contribution in [0.1, 0.15) is 43.4 Å². The van der Waals surface area contributed by atoms with Gasteiger partial charge in [0.05, 0.1) is 11.6 Å². The maximum atomic E-state index is 9.06. The highest BCUT2D eigenvalue weighted by Gasteiger charge is 2.21. The molecule has 1 aliphatic rings. The van der Waals surface area contributed by atoms with Crippen LogP contribution in [-0.4, -0.2) is 31.1 Å². The van der Waals surface area contributed by atoms with Crippen LogP contribution in [0.3, 0.4) is 0 Å². The topological polar surface area (TPSA) is 39.1 Å². The average Bonchev–Trinajstić information content (AvgIpc) is 2.49. The average molecular weight is 330 g/mol. The molecule has 0 amide bonds. The fourth-order valence-electron chi connectivity index (χ4n) is 2.77. The van der Waals surface area contributed by atoms with E-state index in [0.29, 0.717) is 6.04 Å². The second-order valence-corrected chi connectivity index (χ2v) is 5.18. The Morgan fingerprint density at radius 2 is 2.00 bits per heavy atom. The van der Waals surface area contributed by atoms with Gasteiger partial charge in [0.1, 0.15) is 0 Å². The lowest BCUT2D eigenvalue weighted by molar-refractivity contribution is 0.163. The molecule has 2 rings (SSSR count). The summed E-state index contributed by atoms with van der Waals surface area (Å²) in [6.45, 7) is 6.58. The molecule has 5 heteroatoms. The summed E-state index contributed by atoms with van der Waals surface area (Å²) in [5.41, 5.74) is 2.07. The highest BCUT2D eigenvalue weighted by atomic mass is 35.5. The van der Waals surface area contributed by atoms with Crippen LogP contribution in [0, 0.1) is 11.3 Å². The van der Waals surface area contributed by atoms with Gasteiger partial charge >= 0.3 is 0 Å². The van der Waals surface area contributed by atoms with Gasteiger partial charge in [0.2, 0.25) is 0 Å². The van der Waals surface area contributed by atoms with Gasteiger partial charge < -0.3 is 5.32 Å². The van der Waals surface area contributed by atoms with E-state index in [0.717, 1.165) is 31.7 Å². The third kappa shape index (κ3) is 5.84. The zero-order valence-electron chi connectivity index (χ0n) is 12.5. The summed E-state index contributed by atoms with van der Waals surface area (Å²) in [6.07, 6.45) is 3.65. The SMILES string of the molecule is CCCC[C@H](c1cccc(C#N)c1)N1CCNCC1.Cl.Cl. The van der Waals surface area contributed by atoms with Crippen LogP contribution in [0.15, 0.2) is 24.3 Å². The monoisotopic (exact) mass is 329 g/mol. The van der Waals surface area contributed by atoms with Crippen molar-refractivity contribution in [2.45, 2.75) is 32.2 Å². The van der Waals surface area contributed by atoms with Crippen molar-refractivity contribution in [2.24, 2.45) is 0 Å². The summed E-state index contributed by atoms with van der Waals surface area (Å²) < 4.78 is 0. The number of nitriles is 1. The van der Waals surface area contributed by atoms with E-state index in [-0.39, 0.29) is 24.8 Å². The van der Waals surface area contributed by atoms with E-state index < -0.39 is 0 Å². The molecule has 0 aromatic heterocycles. The number of hydrogen-bond acceptors (Lipinski definition) is 3. The van der Waals surface area contributed by atoms with Gasteiger partial charge in [-0.2, -0.15) is 5.26 Å². The molecular formula is C16H25Cl2N3. The van der Waals surface area contributed by atoms with Crippen molar-refractivity contribution in [3.05, 3.63) is 35.4 Å². The second-order valence-electron chi connectivity index (χ2n) is 5.18. The van der Waals surface area contributed by atoms with Crippen LogP contribution in [0.4, 0.5) is 0 Å². The zero-order valence-corrected chi connectivity index (χ0v) is 14.2. The Kier molecular flexibility index (Phi) is 10.5. The number of rotatable bonds is 5. The van der Waals surface area contributed by atoms with Crippen LogP contribution < -0.4 is 5.32 Å². The van der Waals surface area contributed by atoms with Crippen LogP contribution in [0.5, 0.6) is 0 Å². The van der Waals surface area contributed by atoms with Gasteiger partial charge in [-0.3, -0.25) is 4.90 Å². The Labute approximate surface area is 140 Å². The Bertz CT molecular complexity index is 439. The number of halogens is 2. The minimum atomic E-state index is 0. The molecular weight excluding hydrogens is 305 g/mol. The fourth-order valence-corrected chi connectivity index (χ4v) is 2.77. The van der Waals surface area contributed by atoms with Gasteiger partial charge in [-0.05, 0) is 24.1 Å². The van der Waals surface area contributed by atoms with E-state index in [1.165, 1.54) is 24.8 Å². The van der Waals surface area contributed by atoms with Gasteiger partial charge in [0, 0.05) is 32.2 Å². The molecule has 0 bridgehead atoms. The second kappa shape index (κ2) is 10.9. The van der Waals surface area contributed by atoms with Crippen molar-refractivity contribution in [3.63, 3.8) is 0 Å². The summed E-state index contributed by atoms with van der Waals surface area (Å²) in [6, 6.07) is 10.8. The van der Waals surface area contributed by atoms with Crippen LogP contribution in [-0.2, 0) is 0 Å². The molecule has 0 spiro atoms. The minimum absolute atomic E-state index is 0. The summed E-state index contributed by atoms with van der Waals surface area (Å²) in [4.78, 5) is 2.56. The highest BCUT2D eigenvalue weighted by molar-refractivity contribution is 5.85. The molecule has 1 atom stereocenters. The Hall–Kier alpha value is -0.790. The highest BCUT2D eigenvalue weighted by Crippen LogP contribution is 2.27. The number of piperazine rings is 1. The molecule has 1 aliphatic heterocycles. The van der Waals surface area contributed by atoms with Crippen molar-refractivity contribution < 1.29 is 0 Å². The smallest absolute Gasteiger partial charge is 0.0991 e.